The van der Waals surface area contributed by atoms with Crippen LogP contribution in [0.25, 0.3) is 0 Å². The van der Waals surface area contributed by atoms with Gasteiger partial charge in [-0.3, -0.25) is 14.8 Å². The summed E-state index contributed by atoms with van der Waals surface area (Å²) in [4.78, 5) is 38.8. The summed E-state index contributed by atoms with van der Waals surface area (Å²) in [5, 5.41) is 14.6. The number of hydroxylamine groups is 1. The van der Waals surface area contributed by atoms with E-state index in [9.17, 15) is 14.4 Å². The average Bonchev–Trinajstić information content (AvgIpc) is 3.19. The number of halogens is 1. The molecule has 8 nitrogen and oxygen atoms in total. The lowest BCUT2D eigenvalue weighted by Gasteiger charge is -2.31. The number of rotatable bonds is 8. The van der Waals surface area contributed by atoms with Crippen molar-refractivity contribution in [1.82, 2.24) is 15.7 Å². The maximum atomic E-state index is 13.2. The molecule has 0 bridgehead atoms. The first-order chi connectivity index (χ1) is 13.8. The lowest BCUT2D eigenvalue weighted by atomic mass is 10.0. The minimum atomic E-state index is -0.828. The number of para-hydroxylation sites is 1. The molecule has 9 heteroatoms. The predicted molar refractivity (Wildman–Crippen MR) is 111 cm³/mol. The number of anilines is 1. The van der Waals surface area contributed by atoms with Gasteiger partial charge in [-0.1, -0.05) is 50.4 Å². The molecule has 0 radical (unpaired) electrons. The molecule has 1 saturated carbocycles. The van der Waals surface area contributed by atoms with E-state index in [4.69, 9.17) is 16.8 Å². The quantitative estimate of drug-likeness (QED) is 0.379. The Morgan fingerprint density at radius 1 is 1.21 bits per heavy atom. The summed E-state index contributed by atoms with van der Waals surface area (Å²) in [7, 11) is 0. The van der Waals surface area contributed by atoms with Crippen molar-refractivity contribution in [3.05, 3.63) is 29.3 Å². The van der Waals surface area contributed by atoms with Crippen molar-refractivity contribution in [3.8, 4) is 0 Å². The van der Waals surface area contributed by atoms with Gasteiger partial charge in [0.05, 0.1) is 10.7 Å². The third-order valence-corrected chi connectivity index (χ3v) is 5.40. The lowest BCUT2D eigenvalue weighted by molar-refractivity contribution is -0.141. The topological polar surface area (TPSA) is 111 Å². The summed E-state index contributed by atoms with van der Waals surface area (Å²) in [6.45, 7) is 3.79. The third-order valence-electron chi connectivity index (χ3n) is 5.07. The van der Waals surface area contributed by atoms with Crippen molar-refractivity contribution in [2.75, 3.05) is 18.4 Å². The van der Waals surface area contributed by atoms with Crippen molar-refractivity contribution in [3.63, 3.8) is 0 Å². The van der Waals surface area contributed by atoms with Gasteiger partial charge in [-0.25, -0.2) is 10.3 Å². The van der Waals surface area contributed by atoms with Crippen LogP contribution in [0.15, 0.2) is 24.3 Å². The Balaban J connectivity index is 2.09. The lowest BCUT2D eigenvalue weighted by Crippen LogP contribution is -2.54. The van der Waals surface area contributed by atoms with Crippen LogP contribution in [0.5, 0.6) is 0 Å². The fraction of sp³-hybridized carbons (Fsp3) is 0.550. The summed E-state index contributed by atoms with van der Waals surface area (Å²) in [6.07, 6.45) is 4.20. The molecule has 0 heterocycles. The molecule has 0 aromatic heterocycles. The number of nitrogens with one attached hydrogen (secondary N) is 3. The van der Waals surface area contributed by atoms with Crippen LogP contribution in [0.3, 0.4) is 0 Å². The zero-order chi connectivity index (χ0) is 21.4. The van der Waals surface area contributed by atoms with Crippen LogP contribution >= 0.6 is 11.6 Å². The van der Waals surface area contributed by atoms with Crippen LogP contribution in [0.4, 0.5) is 10.5 Å². The van der Waals surface area contributed by atoms with Gasteiger partial charge in [-0.05, 0) is 36.8 Å². The van der Waals surface area contributed by atoms with Crippen molar-refractivity contribution in [2.24, 2.45) is 11.8 Å². The average molecular weight is 425 g/mol. The van der Waals surface area contributed by atoms with Crippen LogP contribution in [0.1, 0.15) is 39.5 Å². The Morgan fingerprint density at radius 3 is 2.45 bits per heavy atom. The summed E-state index contributed by atoms with van der Waals surface area (Å²) in [5.74, 6) is -0.915. The number of nitrogens with zero attached hydrogens (tertiary/aromatic N) is 1. The number of carbonyl (C=O) groups excluding carboxylic acids is 3. The molecule has 160 valence electrons. The molecule has 1 atom stereocenters. The minimum absolute atomic E-state index is 0.206. The molecule has 1 fully saturated rings. The first-order valence-electron chi connectivity index (χ1n) is 9.85. The van der Waals surface area contributed by atoms with E-state index < -0.39 is 18.0 Å². The van der Waals surface area contributed by atoms with Crippen molar-refractivity contribution in [2.45, 2.75) is 45.6 Å². The van der Waals surface area contributed by atoms with E-state index in [2.05, 4.69) is 10.6 Å². The Kier molecular flexibility index (Phi) is 8.72. The van der Waals surface area contributed by atoms with E-state index >= 15 is 0 Å². The molecule has 2 rings (SSSR count). The second kappa shape index (κ2) is 11.0. The number of benzene rings is 1. The molecule has 1 aromatic carbocycles. The number of hydrogen-bond donors (Lipinski definition) is 4. The van der Waals surface area contributed by atoms with Crippen molar-refractivity contribution in [1.29, 1.82) is 0 Å². The van der Waals surface area contributed by atoms with Gasteiger partial charge >= 0.3 is 6.03 Å². The fourth-order valence-electron chi connectivity index (χ4n) is 3.52. The van der Waals surface area contributed by atoms with Gasteiger partial charge in [0, 0.05) is 6.54 Å². The molecule has 4 amide bonds. The molecule has 1 unspecified atom stereocenters. The largest absolute Gasteiger partial charge is 0.331 e. The number of hydrogen-bond acceptors (Lipinski definition) is 4. The zero-order valence-electron chi connectivity index (χ0n) is 16.8. The summed E-state index contributed by atoms with van der Waals surface area (Å²) < 4.78 is 0. The van der Waals surface area contributed by atoms with Gasteiger partial charge in [0.25, 0.3) is 5.91 Å². The number of carbonyl (C=O) groups is 3. The highest BCUT2D eigenvalue weighted by molar-refractivity contribution is 6.33. The standard InChI is InChI=1S/C20H29ClN4O4/c1-13(2)18(23-20(28)22-16-10-6-5-9-15(16)21)19(27)25(12-17(26)24-29)11-14-7-3-4-8-14/h5-6,9-10,13-14,18,29H,3-4,7-8,11-12H2,1-2H3,(H,24,26)(H2,22,23,28). The normalized spacial score (nSPS) is 15.1. The summed E-state index contributed by atoms with van der Waals surface area (Å²) in [6, 6.07) is 5.41. The fourth-order valence-corrected chi connectivity index (χ4v) is 3.70. The molecule has 1 aliphatic carbocycles. The molecule has 1 aliphatic rings. The molecule has 0 aliphatic heterocycles. The van der Waals surface area contributed by atoms with E-state index in [1.807, 2.05) is 13.8 Å². The monoisotopic (exact) mass is 424 g/mol. The van der Waals surface area contributed by atoms with Crippen LogP contribution in [-0.4, -0.2) is 47.1 Å². The van der Waals surface area contributed by atoms with Gasteiger partial charge in [-0.2, -0.15) is 0 Å². The van der Waals surface area contributed by atoms with Gasteiger partial charge in [0.2, 0.25) is 5.91 Å². The highest BCUT2D eigenvalue weighted by Crippen LogP contribution is 2.26. The number of amides is 4. The molecular formula is C20H29ClN4O4. The van der Waals surface area contributed by atoms with Crippen LogP contribution in [0.2, 0.25) is 5.02 Å². The molecule has 1 aromatic rings. The maximum Gasteiger partial charge on any atom is 0.319 e. The van der Waals surface area contributed by atoms with E-state index in [0.717, 1.165) is 25.7 Å². The minimum Gasteiger partial charge on any atom is -0.331 e. The van der Waals surface area contributed by atoms with Gasteiger partial charge < -0.3 is 15.5 Å². The highest BCUT2D eigenvalue weighted by atomic mass is 35.5. The second-order valence-corrected chi connectivity index (χ2v) is 8.11. The second-order valence-electron chi connectivity index (χ2n) is 7.70. The Hall–Kier alpha value is -2.32. The highest BCUT2D eigenvalue weighted by Gasteiger charge is 2.32. The molecule has 0 saturated heterocycles. The maximum absolute atomic E-state index is 13.2. The van der Waals surface area contributed by atoms with Crippen molar-refractivity contribution < 1.29 is 19.6 Å². The van der Waals surface area contributed by atoms with E-state index in [1.54, 1.807) is 29.7 Å². The van der Waals surface area contributed by atoms with Gasteiger partial charge in [-0.15, -0.1) is 0 Å². The first kappa shape index (κ1) is 23.0. The summed E-state index contributed by atoms with van der Waals surface area (Å²) >= 11 is 6.06. The van der Waals surface area contributed by atoms with Gasteiger partial charge in [0.1, 0.15) is 12.6 Å². The SMILES string of the molecule is CC(C)C(NC(=O)Nc1ccccc1Cl)C(=O)N(CC(=O)NO)CC1CCCC1. The Morgan fingerprint density at radius 2 is 1.86 bits per heavy atom. The molecule has 0 spiro atoms. The Bertz CT molecular complexity index is 722. The molecule has 29 heavy (non-hydrogen) atoms. The third kappa shape index (κ3) is 6.90. The van der Waals surface area contributed by atoms with E-state index in [-0.39, 0.29) is 18.4 Å². The molecular weight excluding hydrogens is 396 g/mol. The first-order valence-corrected chi connectivity index (χ1v) is 10.2. The Labute approximate surface area is 175 Å². The van der Waals surface area contributed by atoms with Crippen LogP contribution in [0, 0.1) is 11.8 Å². The van der Waals surface area contributed by atoms with Crippen LogP contribution < -0.4 is 16.1 Å². The van der Waals surface area contributed by atoms with Crippen molar-refractivity contribution >= 4 is 35.1 Å². The number of urea groups is 1. The smallest absolute Gasteiger partial charge is 0.319 e. The zero-order valence-corrected chi connectivity index (χ0v) is 17.5. The van der Waals surface area contributed by atoms with E-state index in [1.165, 1.54) is 4.90 Å². The van der Waals surface area contributed by atoms with E-state index in [0.29, 0.717) is 23.2 Å². The van der Waals surface area contributed by atoms with Crippen LogP contribution in [-0.2, 0) is 9.59 Å². The predicted octanol–water partition coefficient (Wildman–Crippen LogP) is 3.01. The summed E-state index contributed by atoms with van der Waals surface area (Å²) in [5.41, 5.74) is 2.01. The van der Waals surface area contributed by atoms with Gasteiger partial charge in [0.15, 0.2) is 0 Å². The molecule has 4 N–H and O–H groups in total.